The van der Waals surface area contributed by atoms with Crippen LogP contribution in [-0.2, 0) is 22.7 Å². The zero-order valence-corrected chi connectivity index (χ0v) is 14.9. The fourth-order valence-electron chi connectivity index (χ4n) is 2.47. The monoisotopic (exact) mass is 428 g/mol. The van der Waals surface area contributed by atoms with E-state index in [0.29, 0.717) is 0 Å². The van der Waals surface area contributed by atoms with E-state index < -0.39 is 52.4 Å². The molecular formula is C10H14N4O11P2. The van der Waals surface area contributed by atoms with Gasteiger partial charge in [0.1, 0.15) is 18.3 Å². The van der Waals surface area contributed by atoms with E-state index in [1.165, 1.54) is 4.57 Å². The van der Waals surface area contributed by atoms with E-state index in [1.54, 1.807) is 0 Å². The van der Waals surface area contributed by atoms with Gasteiger partial charge in [0.2, 0.25) is 0 Å². The van der Waals surface area contributed by atoms with Crippen molar-refractivity contribution >= 4 is 26.8 Å². The van der Waals surface area contributed by atoms with Gasteiger partial charge < -0.3 is 34.6 Å². The van der Waals surface area contributed by atoms with Crippen LogP contribution in [0.2, 0.25) is 0 Å². The highest BCUT2D eigenvalue weighted by Crippen LogP contribution is 2.57. The van der Waals surface area contributed by atoms with Gasteiger partial charge in [-0.3, -0.25) is 13.9 Å². The van der Waals surface area contributed by atoms with Crippen molar-refractivity contribution in [3.63, 3.8) is 0 Å². The molecule has 15 nitrogen and oxygen atoms in total. The Labute approximate surface area is 149 Å². The normalized spacial score (nSPS) is 28.5. The summed E-state index contributed by atoms with van der Waals surface area (Å²) in [6, 6.07) is 0. The number of H-pyrrole nitrogens is 1. The van der Waals surface area contributed by atoms with Gasteiger partial charge in [-0.15, -0.1) is 0 Å². The molecule has 0 spiro atoms. The number of nitrogens with zero attached hydrogens (tertiary/aromatic N) is 3. The van der Waals surface area contributed by atoms with Crippen molar-refractivity contribution < 1.29 is 47.6 Å². The molecule has 2 unspecified atom stereocenters. The summed E-state index contributed by atoms with van der Waals surface area (Å²) in [5, 5.41) is 20.2. The van der Waals surface area contributed by atoms with Gasteiger partial charge in [0.15, 0.2) is 17.4 Å². The Hall–Kier alpha value is -1.51. The SMILES string of the molecule is O=c1[nH]cnc2c1ncn2[C@@H]1O[C@H](COP(=O)(O)OP(=O)(O)O)C(O)[C@@H]1O. The molecule has 0 radical (unpaired) electrons. The lowest BCUT2D eigenvalue weighted by Crippen LogP contribution is -2.33. The van der Waals surface area contributed by atoms with Crippen molar-refractivity contribution in [1.82, 2.24) is 19.5 Å². The Bertz CT molecular complexity index is 985. The van der Waals surface area contributed by atoms with E-state index in [0.717, 1.165) is 12.7 Å². The summed E-state index contributed by atoms with van der Waals surface area (Å²) in [7, 11) is -10.5. The molecule has 0 saturated carbocycles. The molecule has 3 rings (SSSR count). The van der Waals surface area contributed by atoms with Crippen LogP contribution in [0, 0.1) is 0 Å². The van der Waals surface area contributed by atoms with Crippen LogP contribution >= 0.6 is 15.6 Å². The van der Waals surface area contributed by atoms with Gasteiger partial charge in [-0.2, -0.15) is 4.31 Å². The molecule has 2 aromatic heterocycles. The second-order valence-electron chi connectivity index (χ2n) is 5.44. The Kier molecular flexibility index (Phi) is 5.35. The summed E-state index contributed by atoms with van der Waals surface area (Å²) in [6.45, 7) is -0.844. The van der Waals surface area contributed by atoms with E-state index in [9.17, 15) is 29.0 Å². The molecule has 0 aromatic carbocycles. The predicted octanol–water partition coefficient (Wildman–Crippen LogP) is -2.03. The molecule has 1 aliphatic rings. The first kappa shape index (κ1) is 20.2. The highest BCUT2D eigenvalue weighted by atomic mass is 31.3. The highest BCUT2D eigenvalue weighted by Gasteiger charge is 2.46. The molecule has 0 aliphatic carbocycles. The lowest BCUT2D eigenvalue weighted by atomic mass is 10.1. The molecule has 0 amide bonds. The molecule has 3 heterocycles. The maximum atomic E-state index is 11.7. The maximum Gasteiger partial charge on any atom is 0.481 e. The number of rotatable bonds is 6. The summed E-state index contributed by atoms with van der Waals surface area (Å²) >= 11 is 0. The van der Waals surface area contributed by atoms with Crippen molar-refractivity contribution in [3.8, 4) is 0 Å². The molecular weight excluding hydrogens is 414 g/mol. The molecule has 27 heavy (non-hydrogen) atoms. The Balaban J connectivity index is 1.76. The fraction of sp³-hybridized carbons (Fsp3) is 0.500. The van der Waals surface area contributed by atoms with Gasteiger partial charge in [-0.1, -0.05) is 0 Å². The Morgan fingerprint density at radius 3 is 2.59 bits per heavy atom. The molecule has 5 atom stereocenters. The van der Waals surface area contributed by atoms with Crippen molar-refractivity contribution in [3.05, 3.63) is 23.0 Å². The third-order valence-corrected chi connectivity index (χ3v) is 5.74. The maximum absolute atomic E-state index is 11.7. The van der Waals surface area contributed by atoms with Crippen molar-refractivity contribution in [2.75, 3.05) is 6.61 Å². The third kappa shape index (κ3) is 4.33. The number of aliphatic hydroxyl groups is 2. The van der Waals surface area contributed by atoms with Crippen LogP contribution in [0.25, 0.3) is 11.2 Å². The van der Waals surface area contributed by atoms with E-state index in [2.05, 4.69) is 23.8 Å². The number of phosphoric acid groups is 2. The number of hydrogen-bond acceptors (Lipinski definition) is 10. The summed E-state index contributed by atoms with van der Waals surface area (Å²) in [5.74, 6) is 0. The van der Waals surface area contributed by atoms with E-state index in [-0.39, 0.29) is 11.2 Å². The number of ether oxygens (including phenoxy) is 1. The third-order valence-electron chi connectivity index (χ3n) is 3.59. The smallest absolute Gasteiger partial charge is 0.387 e. The largest absolute Gasteiger partial charge is 0.481 e. The highest BCUT2D eigenvalue weighted by molar-refractivity contribution is 7.60. The Morgan fingerprint density at radius 2 is 1.93 bits per heavy atom. The van der Waals surface area contributed by atoms with Crippen LogP contribution in [0.5, 0.6) is 0 Å². The van der Waals surface area contributed by atoms with Crippen molar-refractivity contribution in [2.24, 2.45) is 0 Å². The second kappa shape index (κ2) is 7.14. The molecule has 1 saturated heterocycles. The minimum atomic E-state index is -5.30. The minimum Gasteiger partial charge on any atom is -0.387 e. The molecule has 17 heteroatoms. The van der Waals surface area contributed by atoms with Crippen molar-refractivity contribution in [1.29, 1.82) is 0 Å². The Morgan fingerprint density at radius 1 is 1.22 bits per heavy atom. The zero-order chi connectivity index (χ0) is 20.0. The summed E-state index contributed by atoms with van der Waals surface area (Å²) < 4.78 is 36.6. The zero-order valence-electron chi connectivity index (χ0n) is 13.1. The lowest BCUT2D eigenvalue weighted by Gasteiger charge is -2.17. The quantitative estimate of drug-likeness (QED) is 0.273. The van der Waals surface area contributed by atoms with Gasteiger partial charge in [0, 0.05) is 0 Å². The number of aromatic nitrogens is 4. The van der Waals surface area contributed by atoms with Crippen LogP contribution in [0.4, 0.5) is 0 Å². The van der Waals surface area contributed by atoms with Gasteiger partial charge in [0.25, 0.3) is 5.56 Å². The number of fused-ring (bicyclic) bond motifs is 1. The van der Waals surface area contributed by atoms with E-state index >= 15 is 0 Å². The molecule has 6 N–H and O–H groups in total. The first-order chi connectivity index (χ1) is 12.5. The van der Waals surface area contributed by atoms with Crippen LogP contribution in [-0.4, -0.2) is 69.3 Å². The standard InChI is InChI=1S/C10H14N4O11P2/c15-6-4(1-23-27(21,22)25-26(18,19)20)24-10(7(6)16)14-3-13-5-8(14)11-2-12-9(5)17/h2-4,6-7,10,15-16H,1H2,(H,21,22)(H,11,12,17)(H2,18,19,20)/t4-,6?,7+,10-/m1/s1. The van der Waals surface area contributed by atoms with Crippen LogP contribution in [0.3, 0.4) is 0 Å². The molecule has 0 bridgehead atoms. The number of phosphoric ester groups is 1. The summed E-state index contributed by atoms with van der Waals surface area (Å²) in [4.78, 5) is 48.0. The average Bonchev–Trinajstić information content (AvgIpc) is 3.07. The number of imidazole rings is 1. The fourth-order valence-corrected chi connectivity index (χ4v) is 4.07. The summed E-state index contributed by atoms with van der Waals surface area (Å²) in [6.07, 6.45) is -3.56. The predicted molar refractivity (Wildman–Crippen MR) is 83.0 cm³/mol. The molecule has 1 fully saturated rings. The van der Waals surface area contributed by atoms with Crippen molar-refractivity contribution in [2.45, 2.75) is 24.5 Å². The van der Waals surface area contributed by atoms with Crippen LogP contribution in [0.15, 0.2) is 17.4 Å². The number of aliphatic hydroxyl groups excluding tert-OH is 2. The lowest BCUT2D eigenvalue weighted by molar-refractivity contribution is -0.0503. The number of aromatic amines is 1. The molecule has 150 valence electrons. The molecule has 2 aromatic rings. The first-order valence-corrected chi connectivity index (χ1v) is 10.2. The van der Waals surface area contributed by atoms with Gasteiger partial charge in [-0.05, 0) is 0 Å². The van der Waals surface area contributed by atoms with E-state index in [4.69, 9.17) is 14.5 Å². The van der Waals surface area contributed by atoms with E-state index in [1.807, 2.05) is 0 Å². The molecule has 1 aliphatic heterocycles. The van der Waals surface area contributed by atoms with Gasteiger partial charge in [0.05, 0.1) is 19.3 Å². The number of hydrogen-bond donors (Lipinski definition) is 6. The first-order valence-electron chi connectivity index (χ1n) is 7.14. The van der Waals surface area contributed by atoms with Gasteiger partial charge >= 0.3 is 15.6 Å². The average molecular weight is 428 g/mol. The van der Waals surface area contributed by atoms with Gasteiger partial charge in [-0.25, -0.2) is 19.1 Å². The minimum absolute atomic E-state index is 0.0441. The topological polar surface area (TPSA) is 227 Å². The second-order valence-corrected chi connectivity index (χ2v) is 8.27. The number of nitrogens with one attached hydrogen (secondary N) is 1. The van der Waals surface area contributed by atoms with Crippen LogP contribution < -0.4 is 5.56 Å². The summed E-state index contributed by atoms with van der Waals surface area (Å²) in [5.41, 5.74) is -0.533. The van der Waals surface area contributed by atoms with Crippen LogP contribution in [0.1, 0.15) is 6.23 Å².